The molecule has 8 heterocycles. The van der Waals surface area contributed by atoms with Gasteiger partial charge in [-0.1, -0.05) is 19.9 Å². The molecule has 4 unspecified atom stereocenters. The van der Waals surface area contributed by atoms with Gasteiger partial charge in [-0.2, -0.15) is 5.26 Å². The van der Waals surface area contributed by atoms with E-state index in [1.54, 1.807) is 51.8 Å². The van der Waals surface area contributed by atoms with Crippen molar-refractivity contribution in [2.45, 2.75) is 120 Å². The van der Waals surface area contributed by atoms with E-state index in [0.717, 1.165) is 57.7 Å². The van der Waals surface area contributed by atoms with Crippen molar-refractivity contribution in [1.29, 1.82) is 5.26 Å². The lowest BCUT2D eigenvalue weighted by atomic mass is 9.76. The predicted octanol–water partition coefficient (Wildman–Crippen LogP) is 7.42. The molecule has 3 saturated heterocycles. The number of hydrogen-bond donors (Lipinski definition) is 1. The summed E-state index contributed by atoms with van der Waals surface area (Å²) < 4.78 is 55.9. The van der Waals surface area contributed by atoms with Crippen molar-refractivity contribution in [3.05, 3.63) is 62.7 Å². The van der Waals surface area contributed by atoms with Crippen LogP contribution in [0.2, 0.25) is 0 Å². The van der Waals surface area contributed by atoms with Gasteiger partial charge in [0.2, 0.25) is 6.79 Å². The minimum Gasteiger partial charge on any atom is -0.493 e. The van der Waals surface area contributed by atoms with Crippen molar-refractivity contribution in [2.24, 2.45) is 0 Å². The Bertz CT molecular complexity index is 2480. The number of fused-ring (bicyclic) bond motifs is 9. The quantitative estimate of drug-likeness (QED) is 0.128. The van der Waals surface area contributed by atoms with E-state index in [1.165, 1.54) is 12.7 Å². The second-order valence-corrected chi connectivity index (χ2v) is 19.7. The first-order chi connectivity index (χ1) is 30.8. The summed E-state index contributed by atoms with van der Waals surface area (Å²) in [7, 11) is 3.19. The summed E-state index contributed by atoms with van der Waals surface area (Å²) >= 11 is 1.64. The fourth-order valence-electron chi connectivity index (χ4n) is 11.3. The van der Waals surface area contributed by atoms with Gasteiger partial charge in [0, 0.05) is 40.6 Å². The summed E-state index contributed by atoms with van der Waals surface area (Å²) in [5.41, 5.74) is 5.26. The molecule has 8 aliphatic rings. The highest BCUT2D eigenvalue weighted by molar-refractivity contribution is 7.99. The largest absolute Gasteiger partial charge is 0.514 e. The summed E-state index contributed by atoms with van der Waals surface area (Å²) in [5.74, 6) is 3.63. The molecule has 16 heteroatoms. The molecular weight excluding hydrogens is 841 g/mol. The molecule has 64 heavy (non-hydrogen) atoms. The number of esters is 1. The van der Waals surface area contributed by atoms with Crippen LogP contribution in [0.3, 0.4) is 0 Å². The van der Waals surface area contributed by atoms with Gasteiger partial charge in [0.1, 0.15) is 24.0 Å². The topological polar surface area (TPSA) is 159 Å². The van der Waals surface area contributed by atoms with E-state index in [-0.39, 0.29) is 60.1 Å². The smallest absolute Gasteiger partial charge is 0.493 e. The number of benzene rings is 3. The van der Waals surface area contributed by atoms with Crippen LogP contribution in [0.4, 0.5) is 4.79 Å². The van der Waals surface area contributed by atoms with Crippen molar-refractivity contribution < 1.29 is 52.2 Å². The lowest BCUT2D eigenvalue weighted by molar-refractivity contribution is -0.155. The second kappa shape index (κ2) is 15.8. The Kier molecular flexibility index (Phi) is 10.6. The summed E-state index contributed by atoms with van der Waals surface area (Å²) in [5, 5.41) is 14.6. The van der Waals surface area contributed by atoms with Crippen molar-refractivity contribution >= 4 is 23.9 Å². The maximum Gasteiger partial charge on any atom is 0.514 e. The van der Waals surface area contributed by atoms with Gasteiger partial charge in [-0.25, -0.2) is 9.59 Å². The summed E-state index contributed by atoms with van der Waals surface area (Å²) in [6.45, 7) is 14.9. The Morgan fingerprint density at radius 3 is 2.38 bits per heavy atom. The Morgan fingerprint density at radius 1 is 0.922 bits per heavy atom. The minimum absolute atomic E-state index is 0.00319. The molecule has 11 rings (SSSR count). The van der Waals surface area contributed by atoms with E-state index in [2.05, 4.69) is 48.0 Å². The maximum atomic E-state index is 15.2. The molecule has 3 aromatic carbocycles. The van der Waals surface area contributed by atoms with Crippen molar-refractivity contribution in [1.82, 2.24) is 15.1 Å². The van der Waals surface area contributed by atoms with Crippen LogP contribution >= 0.6 is 11.8 Å². The maximum absolute atomic E-state index is 15.2. The molecule has 0 saturated carbocycles. The summed E-state index contributed by atoms with van der Waals surface area (Å²) in [6.07, 6.45) is 1.29. The number of nitrogens with one attached hydrogen (secondary N) is 1. The first kappa shape index (κ1) is 42.8. The van der Waals surface area contributed by atoms with Gasteiger partial charge in [-0.3, -0.25) is 15.1 Å². The molecule has 3 aromatic rings. The molecule has 1 spiro atoms. The first-order valence-electron chi connectivity index (χ1n) is 22.4. The van der Waals surface area contributed by atoms with Gasteiger partial charge in [-0.15, -0.1) is 11.8 Å². The monoisotopic (exact) mass is 896 g/mol. The van der Waals surface area contributed by atoms with Crippen molar-refractivity contribution in [2.75, 3.05) is 53.1 Å². The van der Waals surface area contributed by atoms with Gasteiger partial charge < -0.3 is 42.6 Å². The number of aryl methyl sites for hydroxylation is 1. The van der Waals surface area contributed by atoms with Gasteiger partial charge in [-0.05, 0) is 88.3 Å². The van der Waals surface area contributed by atoms with E-state index in [0.29, 0.717) is 49.0 Å². The van der Waals surface area contributed by atoms with E-state index < -0.39 is 35.3 Å². The van der Waals surface area contributed by atoms with Crippen LogP contribution in [0, 0.1) is 25.2 Å². The number of hydrogen-bond acceptors (Lipinski definition) is 16. The molecule has 3 fully saturated rings. The average molecular weight is 897 g/mol. The average Bonchev–Trinajstić information content (AvgIpc) is 3.60. The van der Waals surface area contributed by atoms with E-state index >= 15 is 4.79 Å². The lowest BCUT2D eigenvalue weighted by Gasteiger charge is -2.55. The zero-order valence-corrected chi connectivity index (χ0v) is 38.7. The number of methoxy groups -OCH3 is 2. The molecule has 1 N–H and O–H groups in total. The normalized spacial score (nSPS) is 29.0. The Labute approximate surface area is 377 Å². The van der Waals surface area contributed by atoms with Crippen LogP contribution in [-0.4, -0.2) is 98.8 Å². The van der Waals surface area contributed by atoms with Crippen LogP contribution in [-0.2, 0) is 26.2 Å². The summed E-state index contributed by atoms with van der Waals surface area (Å²) in [4.78, 5) is 32.9. The molecule has 0 radical (unpaired) electrons. The van der Waals surface area contributed by atoms with Crippen LogP contribution in [0.25, 0.3) is 0 Å². The van der Waals surface area contributed by atoms with Gasteiger partial charge in [0.05, 0.1) is 62.9 Å². The van der Waals surface area contributed by atoms with Crippen LogP contribution < -0.4 is 38.5 Å². The second-order valence-electron chi connectivity index (χ2n) is 18.6. The fraction of sp³-hybridized carbons (Fsp3) is 0.562. The number of nitriles is 1. The third kappa shape index (κ3) is 6.31. The number of piperazine rings is 1. The van der Waals surface area contributed by atoms with Gasteiger partial charge >= 0.3 is 12.1 Å². The molecular formula is C48H56N4O11S. The molecule has 9 atom stereocenters. The molecule has 0 aliphatic carbocycles. The third-order valence-corrected chi connectivity index (χ3v) is 15.2. The zero-order valence-electron chi connectivity index (χ0n) is 37.9. The van der Waals surface area contributed by atoms with Crippen LogP contribution in [0.15, 0.2) is 18.2 Å². The highest BCUT2D eigenvalue weighted by Crippen LogP contribution is 2.72. The highest BCUT2D eigenvalue weighted by Gasteiger charge is 2.73. The number of carbonyl (C=O) groups is 2. The van der Waals surface area contributed by atoms with E-state index in [1.807, 2.05) is 6.92 Å². The Morgan fingerprint density at radius 2 is 1.67 bits per heavy atom. The minimum atomic E-state index is -1.34. The number of ether oxygens (including phenoxy) is 9. The lowest BCUT2D eigenvalue weighted by Crippen LogP contribution is -2.62. The number of rotatable bonds is 9. The highest BCUT2D eigenvalue weighted by atomic mass is 32.2. The molecule has 0 aromatic heterocycles. The Balaban J connectivity index is 1.17. The summed E-state index contributed by atoms with van der Waals surface area (Å²) in [6, 6.07) is 6.74. The SMILES string of the molecule is CCCOc1c(C)c2c(c3c1[C@H]1SC[C@]4(NCCc5cc(OC(=O)OC(C)(C)C)c(OC)cc54)C(=O)OC[C@@H]3N3C1[C@H]1c4c(cc(C)c(OC)c4OCCC)C4C([C@@H]3C#N)N41)OCO2. The molecule has 2 bridgehead atoms. The molecule has 15 nitrogen and oxygen atoms in total. The molecule has 8 aliphatic heterocycles. The molecule has 340 valence electrons. The number of nitrogens with zero attached hydrogens (tertiary/aromatic N) is 3. The zero-order chi connectivity index (χ0) is 45.0. The van der Waals surface area contributed by atoms with Crippen LogP contribution in [0.5, 0.6) is 40.2 Å². The fourth-order valence-corrected chi connectivity index (χ4v) is 13.0. The number of carbonyl (C=O) groups excluding carboxylic acids is 2. The predicted molar refractivity (Wildman–Crippen MR) is 235 cm³/mol. The molecule has 0 amide bonds. The van der Waals surface area contributed by atoms with E-state index in [4.69, 9.17) is 42.6 Å². The third-order valence-electron chi connectivity index (χ3n) is 13.7. The van der Waals surface area contributed by atoms with Crippen LogP contribution in [0.1, 0.15) is 115 Å². The van der Waals surface area contributed by atoms with Crippen molar-refractivity contribution in [3.63, 3.8) is 0 Å². The number of thioether (sulfide) groups is 1. The first-order valence-corrected chi connectivity index (χ1v) is 23.4. The van der Waals surface area contributed by atoms with Gasteiger partial charge in [0.15, 0.2) is 40.0 Å². The van der Waals surface area contributed by atoms with Crippen molar-refractivity contribution in [3.8, 4) is 46.3 Å². The van der Waals surface area contributed by atoms with E-state index in [9.17, 15) is 10.1 Å². The van der Waals surface area contributed by atoms with Gasteiger partial charge in [0.25, 0.3) is 0 Å². The standard InChI is InChI=1S/C48H56N4O11S/c1-10-14-57-40-24(4)41-43(61-22-60-41)33-29-20-59-45(53)48(27-18-30(55-8)31(17-25(27)12-13-50-48)62-46(54)63-47(5,6)7)21-64-44(34(33)40)38-37-32-26(35-36(52(35)37)28(19-49)51(29)38)16-23(3)39(56-9)42(32)58-15-11-2/h16-18,28-29,35-38,44,50H,10-15,20-22H2,1-9H3/t28-,29-,35?,36?,37+,38?,44+,48+,52?/m0/s1. The Hall–Kier alpha value is -5.08.